The molecule has 0 aliphatic rings. The third kappa shape index (κ3) is 5.33. The van der Waals surface area contributed by atoms with Crippen LogP contribution in [0, 0.1) is 6.92 Å². The van der Waals surface area contributed by atoms with Gasteiger partial charge in [-0.25, -0.2) is 4.68 Å². The number of hydrogen-bond acceptors (Lipinski definition) is 3. The van der Waals surface area contributed by atoms with Gasteiger partial charge in [0.25, 0.3) is 5.91 Å². The monoisotopic (exact) mass is 437 g/mol. The Labute approximate surface area is 176 Å². The van der Waals surface area contributed by atoms with Crippen molar-refractivity contribution >= 4 is 17.5 Å². The van der Waals surface area contributed by atoms with E-state index in [-0.39, 0.29) is 12.2 Å². The largest absolute Gasteiger partial charge is 0.494 e. The van der Waals surface area contributed by atoms with Crippen LogP contribution in [0.25, 0.3) is 5.69 Å². The highest BCUT2D eigenvalue weighted by atomic mass is 35.5. The first-order valence-electron chi connectivity index (χ1n) is 9.14. The highest BCUT2D eigenvalue weighted by molar-refractivity contribution is 6.30. The number of carbonyl (C=O) groups excluding carboxylic acids is 1. The zero-order valence-corrected chi connectivity index (χ0v) is 16.8. The number of aryl methyl sites for hydroxylation is 1. The zero-order valence-electron chi connectivity index (χ0n) is 16.0. The Kier molecular flexibility index (Phi) is 6.66. The molecule has 0 aliphatic carbocycles. The van der Waals surface area contributed by atoms with Crippen LogP contribution in [0.2, 0.25) is 5.02 Å². The van der Waals surface area contributed by atoms with Gasteiger partial charge in [-0.2, -0.15) is 18.3 Å². The predicted molar refractivity (Wildman–Crippen MR) is 107 cm³/mol. The number of halogens is 4. The number of carbonyl (C=O) groups is 1. The second-order valence-electron chi connectivity index (χ2n) is 6.57. The molecule has 0 unspecified atom stereocenters. The molecule has 0 aliphatic heterocycles. The lowest BCUT2D eigenvalue weighted by Crippen LogP contribution is -2.28. The number of rotatable bonds is 7. The number of ether oxygens (including phenoxy) is 1. The Bertz CT molecular complexity index is 1020. The molecule has 0 saturated heterocycles. The van der Waals surface area contributed by atoms with E-state index < -0.39 is 23.3 Å². The number of benzene rings is 2. The summed E-state index contributed by atoms with van der Waals surface area (Å²) in [5.74, 6) is -0.150. The molecule has 1 aromatic heterocycles. The highest BCUT2D eigenvalue weighted by Gasteiger charge is 2.40. The average Bonchev–Trinajstić information content (AvgIpc) is 3.14. The van der Waals surface area contributed by atoms with E-state index in [0.717, 1.165) is 11.8 Å². The van der Waals surface area contributed by atoms with Crippen molar-refractivity contribution in [3.63, 3.8) is 0 Å². The summed E-state index contributed by atoms with van der Waals surface area (Å²) in [6.45, 7) is 2.42. The summed E-state index contributed by atoms with van der Waals surface area (Å²) in [5, 5.41) is 6.63. The first-order valence-corrected chi connectivity index (χ1v) is 9.52. The van der Waals surface area contributed by atoms with Gasteiger partial charge in [0.1, 0.15) is 5.75 Å². The maximum absolute atomic E-state index is 13.6. The Morgan fingerprint density at radius 1 is 1.20 bits per heavy atom. The molecule has 30 heavy (non-hydrogen) atoms. The lowest BCUT2D eigenvalue weighted by Gasteiger charge is -2.13. The summed E-state index contributed by atoms with van der Waals surface area (Å²) in [6.07, 6.45) is -3.42. The number of aromatic nitrogens is 2. The molecule has 158 valence electrons. The Balaban J connectivity index is 1.64. The van der Waals surface area contributed by atoms with Gasteiger partial charge < -0.3 is 10.1 Å². The summed E-state index contributed by atoms with van der Waals surface area (Å²) in [7, 11) is 0. The summed E-state index contributed by atoms with van der Waals surface area (Å²) in [5.41, 5.74) is -0.481. The molecule has 1 heterocycles. The van der Waals surface area contributed by atoms with Gasteiger partial charge in [0.15, 0.2) is 5.69 Å². The van der Waals surface area contributed by atoms with Crippen LogP contribution in [0.5, 0.6) is 5.75 Å². The maximum Gasteiger partial charge on any atom is 0.434 e. The zero-order chi connectivity index (χ0) is 21.7. The van der Waals surface area contributed by atoms with Crippen LogP contribution < -0.4 is 10.1 Å². The molecular weight excluding hydrogens is 419 g/mol. The van der Waals surface area contributed by atoms with Gasteiger partial charge in [0.05, 0.1) is 24.1 Å². The molecular formula is C21H19ClF3N3O2. The molecule has 0 bridgehead atoms. The van der Waals surface area contributed by atoms with Crippen LogP contribution in [-0.4, -0.2) is 28.8 Å². The van der Waals surface area contributed by atoms with Crippen molar-refractivity contribution < 1.29 is 22.7 Å². The fraction of sp³-hybridized carbons (Fsp3) is 0.238. The normalized spacial score (nSPS) is 11.4. The van der Waals surface area contributed by atoms with E-state index in [2.05, 4.69) is 10.4 Å². The van der Waals surface area contributed by atoms with Crippen molar-refractivity contribution in [2.75, 3.05) is 13.2 Å². The second kappa shape index (κ2) is 9.21. The summed E-state index contributed by atoms with van der Waals surface area (Å²) >= 11 is 5.79. The van der Waals surface area contributed by atoms with Crippen molar-refractivity contribution in [3.8, 4) is 11.4 Å². The van der Waals surface area contributed by atoms with Gasteiger partial charge in [0.2, 0.25) is 0 Å². The van der Waals surface area contributed by atoms with Crippen LogP contribution in [0.15, 0.2) is 54.7 Å². The van der Waals surface area contributed by atoms with Crippen LogP contribution in [0.4, 0.5) is 13.2 Å². The number of nitrogens with zero attached hydrogens (tertiary/aromatic N) is 2. The molecule has 2 aromatic carbocycles. The van der Waals surface area contributed by atoms with Crippen LogP contribution in [0.1, 0.15) is 28.0 Å². The van der Waals surface area contributed by atoms with E-state index in [1.807, 2.05) is 31.2 Å². The Morgan fingerprint density at radius 2 is 1.93 bits per heavy atom. The molecule has 9 heteroatoms. The van der Waals surface area contributed by atoms with E-state index in [4.69, 9.17) is 16.3 Å². The first-order chi connectivity index (χ1) is 14.3. The fourth-order valence-corrected chi connectivity index (χ4v) is 2.96. The SMILES string of the molecule is Cc1cccc(OCCCNC(=O)c2cnn(-c3ccc(Cl)cc3)c2C(F)(F)F)c1. The van der Waals surface area contributed by atoms with Gasteiger partial charge in [-0.15, -0.1) is 0 Å². The molecule has 1 N–H and O–H groups in total. The molecule has 0 fully saturated rings. The summed E-state index contributed by atoms with van der Waals surface area (Å²) in [4.78, 5) is 12.4. The van der Waals surface area contributed by atoms with E-state index in [1.165, 1.54) is 24.3 Å². The first kappa shape index (κ1) is 21.7. The lowest BCUT2D eigenvalue weighted by atomic mass is 10.2. The molecule has 3 rings (SSSR count). The predicted octanol–water partition coefficient (Wildman–Crippen LogP) is 5.05. The number of alkyl halides is 3. The minimum Gasteiger partial charge on any atom is -0.494 e. The minimum atomic E-state index is -4.77. The van der Waals surface area contributed by atoms with E-state index >= 15 is 0 Å². The van der Waals surface area contributed by atoms with Crippen molar-refractivity contribution in [3.05, 3.63) is 76.6 Å². The Morgan fingerprint density at radius 3 is 2.60 bits per heavy atom. The molecule has 0 saturated carbocycles. The molecule has 0 atom stereocenters. The number of nitrogens with one attached hydrogen (secondary N) is 1. The average molecular weight is 438 g/mol. The maximum atomic E-state index is 13.6. The molecule has 0 spiro atoms. The minimum absolute atomic E-state index is 0.150. The molecule has 0 radical (unpaired) electrons. The quantitative estimate of drug-likeness (QED) is 0.526. The Hall–Kier alpha value is -3.00. The lowest BCUT2D eigenvalue weighted by molar-refractivity contribution is -0.143. The van der Waals surface area contributed by atoms with E-state index in [0.29, 0.717) is 28.5 Å². The fourth-order valence-electron chi connectivity index (χ4n) is 2.83. The second-order valence-corrected chi connectivity index (χ2v) is 7.00. The van der Waals surface area contributed by atoms with Gasteiger partial charge in [-0.1, -0.05) is 23.7 Å². The van der Waals surface area contributed by atoms with Crippen molar-refractivity contribution in [1.82, 2.24) is 15.1 Å². The van der Waals surface area contributed by atoms with Gasteiger partial charge in [-0.05, 0) is 55.3 Å². The van der Waals surface area contributed by atoms with Gasteiger partial charge >= 0.3 is 6.18 Å². The smallest absolute Gasteiger partial charge is 0.434 e. The van der Waals surface area contributed by atoms with Crippen molar-refractivity contribution in [2.45, 2.75) is 19.5 Å². The third-order valence-electron chi connectivity index (χ3n) is 4.22. The third-order valence-corrected chi connectivity index (χ3v) is 4.47. The van der Waals surface area contributed by atoms with Crippen LogP contribution in [0.3, 0.4) is 0 Å². The van der Waals surface area contributed by atoms with E-state index in [1.54, 1.807) is 0 Å². The highest BCUT2D eigenvalue weighted by Crippen LogP contribution is 2.33. The number of amides is 1. The summed E-state index contributed by atoms with van der Waals surface area (Å²) in [6, 6.07) is 13.2. The summed E-state index contributed by atoms with van der Waals surface area (Å²) < 4.78 is 47.2. The standard InChI is InChI=1S/C21H19ClF3N3O2/c1-14-4-2-5-17(12-14)30-11-3-10-26-20(29)18-13-27-28(19(18)21(23,24)25)16-8-6-15(22)7-9-16/h2,4-9,12-13H,3,10-11H2,1H3,(H,26,29). The van der Waals surface area contributed by atoms with Crippen LogP contribution in [-0.2, 0) is 6.18 Å². The molecule has 5 nitrogen and oxygen atoms in total. The molecule has 3 aromatic rings. The van der Waals surface area contributed by atoms with Crippen LogP contribution >= 0.6 is 11.6 Å². The van der Waals surface area contributed by atoms with E-state index in [9.17, 15) is 18.0 Å². The number of hydrogen-bond donors (Lipinski definition) is 1. The van der Waals surface area contributed by atoms with Gasteiger partial charge in [0, 0.05) is 11.6 Å². The van der Waals surface area contributed by atoms with Crippen molar-refractivity contribution in [1.29, 1.82) is 0 Å². The topological polar surface area (TPSA) is 56.1 Å². The van der Waals surface area contributed by atoms with Gasteiger partial charge in [-0.3, -0.25) is 4.79 Å². The molecule has 1 amide bonds. The van der Waals surface area contributed by atoms with Crippen molar-refractivity contribution in [2.24, 2.45) is 0 Å².